The normalized spacial score (nSPS) is 14.9. The summed E-state index contributed by atoms with van der Waals surface area (Å²) in [6, 6.07) is 13.5. The number of amides is 2. The smallest absolute Gasteiger partial charge is 0.254 e. The third-order valence-electron chi connectivity index (χ3n) is 4.65. The van der Waals surface area contributed by atoms with Crippen molar-refractivity contribution in [3.8, 4) is 0 Å². The fraction of sp³-hybridized carbons (Fsp3) is 0.350. The number of benzene rings is 1. The number of nitrogens with zero attached hydrogens (tertiary/aromatic N) is 2. The zero-order chi connectivity index (χ0) is 18.4. The molecule has 0 bridgehead atoms. The predicted octanol–water partition coefficient (Wildman–Crippen LogP) is 2.97. The summed E-state index contributed by atoms with van der Waals surface area (Å²) >= 11 is 1.52. The van der Waals surface area contributed by atoms with Crippen molar-refractivity contribution in [2.24, 2.45) is 5.92 Å². The number of hydrogen-bond acceptors (Lipinski definition) is 4. The van der Waals surface area contributed by atoms with Crippen LogP contribution in [0.2, 0.25) is 0 Å². The molecular weight excluding hydrogens is 346 g/mol. The number of likely N-dealkylation sites (tertiary alicyclic amines) is 1. The van der Waals surface area contributed by atoms with Gasteiger partial charge in [-0.15, -0.1) is 11.8 Å². The van der Waals surface area contributed by atoms with Crippen molar-refractivity contribution in [2.75, 3.05) is 19.3 Å². The van der Waals surface area contributed by atoms with Crippen molar-refractivity contribution in [2.45, 2.75) is 24.4 Å². The summed E-state index contributed by atoms with van der Waals surface area (Å²) in [6.07, 6.45) is 5.01. The van der Waals surface area contributed by atoms with Crippen LogP contribution in [0.3, 0.4) is 0 Å². The molecule has 1 aromatic heterocycles. The van der Waals surface area contributed by atoms with Gasteiger partial charge in [-0.05, 0) is 36.8 Å². The average molecular weight is 369 g/mol. The molecule has 0 atom stereocenters. The first-order chi connectivity index (χ1) is 12.7. The standard InChI is InChI=1S/C20H23N3O2S/c1-26-18-13-17(7-10-21-18)20(25)23-11-8-16(9-12-23)19(24)22-14-15-5-3-2-4-6-15/h2-7,10,13,16H,8-9,11-12,14H2,1H3,(H,22,24). The minimum Gasteiger partial charge on any atom is -0.352 e. The number of carbonyl (C=O) groups excluding carboxylic acids is 2. The minimum atomic E-state index is -0.0260. The molecule has 0 radical (unpaired) electrons. The van der Waals surface area contributed by atoms with E-state index in [9.17, 15) is 9.59 Å². The second-order valence-electron chi connectivity index (χ2n) is 6.36. The fourth-order valence-corrected chi connectivity index (χ4v) is 3.52. The lowest BCUT2D eigenvalue weighted by molar-refractivity contribution is -0.126. The Bertz CT molecular complexity index is 759. The first kappa shape index (κ1) is 18.5. The number of piperidine rings is 1. The molecule has 3 rings (SSSR count). The van der Waals surface area contributed by atoms with Crippen LogP contribution in [0.25, 0.3) is 0 Å². The van der Waals surface area contributed by atoms with Crippen molar-refractivity contribution in [3.63, 3.8) is 0 Å². The minimum absolute atomic E-state index is 0.0193. The van der Waals surface area contributed by atoms with Crippen LogP contribution < -0.4 is 5.32 Å². The van der Waals surface area contributed by atoms with E-state index in [2.05, 4.69) is 10.3 Å². The highest BCUT2D eigenvalue weighted by molar-refractivity contribution is 7.98. The summed E-state index contributed by atoms with van der Waals surface area (Å²) in [4.78, 5) is 31.1. The van der Waals surface area contributed by atoms with Crippen LogP contribution in [-0.4, -0.2) is 41.0 Å². The van der Waals surface area contributed by atoms with Crippen LogP contribution in [0.1, 0.15) is 28.8 Å². The summed E-state index contributed by atoms with van der Waals surface area (Å²) in [5.41, 5.74) is 1.76. The summed E-state index contributed by atoms with van der Waals surface area (Å²) in [6.45, 7) is 1.77. The summed E-state index contributed by atoms with van der Waals surface area (Å²) in [5, 5.41) is 3.84. The van der Waals surface area contributed by atoms with Gasteiger partial charge in [-0.3, -0.25) is 9.59 Å². The van der Waals surface area contributed by atoms with E-state index < -0.39 is 0 Å². The van der Waals surface area contributed by atoms with E-state index >= 15 is 0 Å². The average Bonchev–Trinajstić information content (AvgIpc) is 2.72. The zero-order valence-corrected chi connectivity index (χ0v) is 15.7. The van der Waals surface area contributed by atoms with Crippen molar-refractivity contribution in [3.05, 3.63) is 59.8 Å². The molecule has 1 saturated heterocycles. The molecule has 0 saturated carbocycles. The Morgan fingerprint density at radius 1 is 1.19 bits per heavy atom. The third-order valence-corrected chi connectivity index (χ3v) is 5.30. The molecule has 0 unspecified atom stereocenters. The number of nitrogens with one attached hydrogen (secondary N) is 1. The van der Waals surface area contributed by atoms with E-state index in [1.807, 2.05) is 47.6 Å². The van der Waals surface area contributed by atoms with Gasteiger partial charge in [0.05, 0.1) is 5.03 Å². The van der Waals surface area contributed by atoms with Gasteiger partial charge in [0, 0.05) is 37.3 Å². The molecular formula is C20H23N3O2S. The summed E-state index contributed by atoms with van der Waals surface area (Å²) in [7, 11) is 0. The molecule has 5 nitrogen and oxygen atoms in total. The van der Waals surface area contributed by atoms with Crippen LogP contribution in [0.4, 0.5) is 0 Å². The number of carbonyl (C=O) groups is 2. The van der Waals surface area contributed by atoms with Gasteiger partial charge < -0.3 is 10.2 Å². The number of pyridine rings is 1. The van der Waals surface area contributed by atoms with Gasteiger partial charge in [0.25, 0.3) is 5.91 Å². The summed E-state index contributed by atoms with van der Waals surface area (Å²) < 4.78 is 0. The first-order valence-corrected chi connectivity index (χ1v) is 10.0. The van der Waals surface area contributed by atoms with E-state index in [1.54, 1.807) is 12.3 Å². The van der Waals surface area contributed by atoms with Crippen LogP contribution in [0.15, 0.2) is 53.7 Å². The van der Waals surface area contributed by atoms with Gasteiger partial charge in [-0.2, -0.15) is 0 Å². The highest BCUT2D eigenvalue weighted by atomic mass is 32.2. The maximum Gasteiger partial charge on any atom is 0.254 e. The maximum atomic E-state index is 12.6. The Hall–Kier alpha value is -2.34. The lowest BCUT2D eigenvalue weighted by Gasteiger charge is -2.31. The molecule has 136 valence electrons. The van der Waals surface area contributed by atoms with Crippen molar-refractivity contribution >= 4 is 23.6 Å². The number of hydrogen-bond donors (Lipinski definition) is 1. The van der Waals surface area contributed by atoms with E-state index in [0.29, 0.717) is 38.0 Å². The molecule has 6 heteroatoms. The third kappa shape index (κ3) is 4.64. The van der Waals surface area contributed by atoms with E-state index in [-0.39, 0.29) is 17.7 Å². The molecule has 1 aliphatic rings. The molecule has 1 fully saturated rings. The van der Waals surface area contributed by atoms with Crippen molar-refractivity contribution in [1.82, 2.24) is 15.2 Å². The van der Waals surface area contributed by atoms with Gasteiger partial charge in [-0.25, -0.2) is 4.98 Å². The fourth-order valence-electron chi connectivity index (χ4n) is 3.11. The van der Waals surface area contributed by atoms with Crippen LogP contribution in [0.5, 0.6) is 0 Å². The van der Waals surface area contributed by atoms with Gasteiger partial charge in [-0.1, -0.05) is 30.3 Å². The molecule has 2 aromatic rings. The van der Waals surface area contributed by atoms with Crippen molar-refractivity contribution in [1.29, 1.82) is 0 Å². The van der Waals surface area contributed by atoms with E-state index in [0.717, 1.165) is 10.6 Å². The summed E-state index contributed by atoms with van der Waals surface area (Å²) in [5.74, 6) is 0.0716. The Balaban J connectivity index is 1.50. The van der Waals surface area contributed by atoms with E-state index in [1.165, 1.54) is 11.8 Å². The van der Waals surface area contributed by atoms with Gasteiger partial charge in [0.15, 0.2) is 0 Å². The lowest BCUT2D eigenvalue weighted by Crippen LogP contribution is -2.42. The van der Waals surface area contributed by atoms with Gasteiger partial charge in [0.1, 0.15) is 0 Å². The highest BCUT2D eigenvalue weighted by Gasteiger charge is 2.27. The number of thioether (sulfide) groups is 1. The molecule has 1 N–H and O–H groups in total. The molecule has 1 aliphatic heterocycles. The number of aromatic nitrogens is 1. The Kier molecular flexibility index (Phi) is 6.28. The predicted molar refractivity (Wildman–Crippen MR) is 103 cm³/mol. The molecule has 1 aromatic carbocycles. The Labute approximate surface area is 158 Å². The molecule has 26 heavy (non-hydrogen) atoms. The highest BCUT2D eigenvalue weighted by Crippen LogP contribution is 2.21. The Morgan fingerprint density at radius 2 is 1.92 bits per heavy atom. The maximum absolute atomic E-state index is 12.6. The lowest BCUT2D eigenvalue weighted by atomic mass is 9.95. The zero-order valence-electron chi connectivity index (χ0n) is 14.9. The van der Waals surface area contributed by atoms with Crippen LogP contribution in [-0.2, 0) is 11.3 Å². The van der Waals surface area contributed by atoms with Crippen molar-refractivity contribution < 1.29 is 9.59 Å². The second kappa shape index (κ2) is 8.85. The quantitative estimate of drug-likeness (QED) is 0.823. The monoisotopic (exact) mass is 369 g/mol. The molecule has 2 amide bonds. The van der Waals surface area contributed by atoms with Crippen LogP contribution >= 0.6 is 11.8 Å². The first-order valence-electron chi connectivity index (χ1n) is 8.78. The van der Waals surface area contributed by atoms with Gasteiger partial charge in [0.2, 0.25) is 5.91 Å². The SMILES string of the molecule is CSc1cc(C(=O)N2CCC(C(=O)NCc3ccccc3)CC2)ccn1. The second-order valence-corrected chi connectivity index (χ2v) is 7.18. The largest absolute Gasteiger partial charge is 0.352 e. The van der Waals surface area contributed by atoms with Gasteiger partial charge >= 0.3 is 0 Å². The topological polar surface area (TPSA) is 62.3 Å². The molecule has 2 heterocycles. The Morgan fingerprint density at radius 3 is 2.62 bits per heavy atom. The molecule has 0 spiro atoms. The molecule has 0 aliphatic carbocycles. The van der Waals surface area contributed by atoms with E-state index in [4.69, 9.17) is 0 Å². The number of rotatable bonds is 5. The van der Waals surface area contributed by atoms with Crippen LogP contribution in [0, 0.1) is 5.92 Å².